The van der Waals surface area contributed by atoms with Gasteiger partial charge >= 0.3 is 0 Å². The van der Waals surface area contributed by atoms with Crippen LogP contribution in [0.4, 0.5) is 0 Å². The summed E-state index contributed by atoms with van der Waals surface area (Å²) in [6.07, 6.45) is 5.34. The van der Waals surface area contributed by atoms with Crippen molar-refractivity contribution < 1.29 is 9.21 Å². The number of hydrogen-bond donors (Lipinski definition) is 1. The molecule has 1 aliphatic rings. The summed E-state index contributed by atoms with van der Waals surface area (Å²) in [5, 5.41) is 0. The van der Waals surface area contributed by atoms with Gasteiger partial charge in [0.15, 0.2) is 5.76 Å². The molecule has 2 aromatic rings. The highest BCUT2D eigenvalue weighted by Crippen LogP contribution is 2.35. The van der Waals surface area contributed by atoms with Crippen molar-refractivity contribution in [3.8, 4) is 0 Å². The SMILES string of the molecule is CC(C)(C)c1oc(C(N)=O)cc1CN1CCCC[C@H]1c1ccccn1. The van der Waals surface area contributed by atoms with Gasteiger partial charge in [0.25, 0.3) is 5.91 Å². The van der Waals surface area contributed by atoms with Crippen molar-refractivity contribution in [2.75, 3.05) is 6.54 Å². The number of amides is 1. The highest BCUT2D eigenvalue weighted by Gasteiger charge is 2.30. The van der Waals surface area contributed by atoms with E-state index in [2.05, 4.69) is 36.7 Å². The van der Waals surface area contributed by atoms with Gasteiger partial charge in [-0.2, -0.15) is 0 Å². The summed E-state index contributed by atoms with van der Waals surface area (Å²) in [6, 6.07) is 8.20. The second kappa shape index (κ2) is 7.00. The number of carbonyl (C=O) groups is 1. The molecule has 134 valence electrons. The van der Waals surface area contributed by atoms with Crippen molar-refractivity contribution in [1.82, 2.24) is 9.88 Å². The number of primary amides is 1. The zero-order chi connectivity index (χ0) is 18.0. The smallest absolute Gasteiger partial charge is 0.284 e. The highest BCUT2D eigenvalue weighted by molar-refractivity contribution is 5.90. The van der Waals surface area contributed by atoms with E-state index in [-0.39, 0.29) is 11.2 Å². The summed E-state index contributed by atoms with van der Waals surface area (Å²) in [5.74, 6) is 0.564. The fourth-order valence-electron chi connectivity index (χ4n) is 3.61. The van der Waals surface area contributed by atoms with Crippen LogP contribution in [-0.2, 0) is 12.0 Å². The Bertz CT molecular complexity index is 731. The number of likely N-dealkylation sites (tertiary alicyclic amines) is 1. The van der Waals surface area contributed by atoms with Gasteiger partial charge in [0, 0.05) is 23.7 Å². The maximum Gasteiger partial charge on any atom is 0.284 e. The number of aromatic nitrogens is 1. The molecule has 0 aliphatic carbocycles. The first-order valence-corrected chi connectivity index (χ1v) is 8.94. The van der Waals surface area contributed by atoms with Crippen molar-refractivity contribution in [3.63, 3.8) is 0 Å². The molecule has 25 heavy (non-hydrogen) atoms. The van der Waals surface area contributed by atoms with Crippen LogP contribution in [0.2, 0.25) is 0 Å². The van der Waals surface area contributed by atoms with Crippen LogP contribution in [0.15, 0.2) is 34.9 Å². The molecule has 0 aromatic carbocycles. The maximum atomic E-state index is 11.6. The highest BCUT2D eigenvalue weighted by atomic mass is 16.4. The minimum Gasteiger partial charge on any atom is -0.455 e. The number of carbonyl (C=O) groups excluding carboxylic acids is 1. The van der Waals surface area contributed by atoms with Crippen molar-refractivity contribution in [2.45, 2.75) is 58.0 Å². The standard InChI is InChI=1S/C20H27N3O2/c1-20(2,3)18-14(12-17(25-18)19(21)24)13-23-11-7-5-9-16(23)15-8-4-6-10-22-15/h4,6,8,10,12,16H,5,7,9,11,13H2,1-3H3,(H2,21,24)/t16-/m0/s1. The average Bonchev–Trinajstić information content (AvgIpc) is 3.01. The van der Waals surface area contributed by atoms with E-state index in [0.29, 0.717) is 6.04 Å². The van der Waals surface area contributed by atoms with Gasteiger partial charge in [-0.05, 0) is 37.6 Å². The number of nitrogens with zero attached hydrogens (tertiary/aromatic N) is 2. The molecule has 1 amide bonds. The Kier molecular flexibility index (Phi) is 4.95. The van der Waals surface area contributed by atoms with E-state index in [9.17, 15) is 4.79 Å². The molecule has 0 bridgehead atoms. The van der Waals surface area contributed by atoms with Crippen LogP contribution >= 0.6 is 0 Å². The third kappa shape index (κ3) is 3.93. The third-order valence-electron chi connectivity index (χ3n) is 4.75. The van der Waals surface area contributed by atoms with Crippen molar-refractivity contribution >= 4 is 5.91 Å². The van der Waals surface area contributed by atoms with E-state index in [1.807, 2.05) is 24.4 Å². The Hall–Kier alpha value is -2.14. The molecule has 1 saturated heterocycles. The van der Waals surface area contributed by atoms with Gasteiger partial charge in [-0.1, -0.05) is 33.3 Å². The quantitative estimate of drug-likeness (QED) is 0.918. The molecule has 5 heteroatoms. The number of piperidine rings is 1. The molecular weight excluding hydrogens is 314 g/mol. The molecule has 0 unspecified atom stereocenters. The van der Waals surface area contributed by atoms with Crippen LogP contribution in [0.3, 0.4) is 0 Å². The lowest BCUT2D eigenvalue weighted by atomic mass is 9.89. The summed E-state index contributed by atoms with van der Waals surface area (Å²) in [4.78, 5) is 18.6. The zero-order valence-corrected chi connectivity index (χ0v) is 15.3. The monoisotopic (exact) mass is 341 g/mol. The minimum absolute atomic E-state index is 0.181. The first-order valence-electron chi connectivity index (χ1n) is 8.94. The van der Waals surface area contributed by atoms with Crippen molar-refractivity contribution in [1.29, 1.82) is 0 Å². The summed E-state index contributed by atoms with van der Waals surface area (Å²) in [7, 11) is 0. The number of rotatable bonds is 4. The van der Waals surface area contributed by atoms with E-state index in [4.69, 9.17) is 10.2 Å². The van der Waals surface area contributed by atoms with Crippen LogP contribution in [0.5, 0.6) is 0 Å². The lowest BCUT2D eigenvalue weighted by molar-refractivity contribution is 0.0970. The molecule has 1 fully saturated rings. The Morgan fingerprint density at radius 2 is 2.16 bits per heavy atom. The van der Waals surface area contributed by atoms with Gasteiger partial charge in [0.05, 0.1) is 11.7 Å². The van der Waals surface area contributed by atoms with Crippen molar-refractivity contribution in [3.05, 3.63) is 53.2 Å². The minimum atomic E-state index is -0.517. The van der Waals surface area contributed by atoms with Crippen LogP contribution in [0.1, 0.15) is 73.6 Å². The molecule has 0 saturated carbocycles. The molecular formula is C20H27N3O2. The normalized spacial score (nSPS) is 19.1. The van der Waals surface area contributed by atoms with Crippen LogP contribution in [0.25, 0.3) is 0 Å². The van der Waals surface area contributed by atoms with E-state index >= 15 is 0 Å². The topological polar surface area (TPSA) is 72.4 Å². The Balaban J connectivity index is 1.90. The van der Waals surface area contributed by atoms with Crippen LogP contribution in [-0.4, -0.2) is 22.3 Å². The average molecular weight is 341 g/mol. The van der Waals surface area contributed by atoms with Gasteiger partial charge in [-0.3, -0.25) is 14.7 Å². The van der Waals surface area contributed by atoms with Gasteiger partial charge in [-0.15, -0.1) is 0 Å². The van der Waals surface area contributed by atoms with E-state index in [1.54, 1.807) is 0 Å². The molecule has 1 atom stereocenters. The first-order chi connectivity index (χ1) is 11.9. The Morgan fingerprint density at radius 3 is 2.80 bits per heavy atom. The van der Waals surface area contributed by atoms with Crippen LogP contribution < -0.4 is 5.73 Å². The number of furan rings is 1. The summed E-state index contributed by atoms with van der Waals surface area (Å²) in [6.45, 7) is 8.03. The lowest BCUT2D eigenvalue weighted by Crippen LogP contribution is -2.34. The van der Waals surface area contributed by atoms with E-state index in [0.717, 1.165) is 36.5 Å². The predicted octanol–water partition coefficient (Wildman–Crippen LogP) is 3.80. The van der Waals surface area contributed by atoms with E-state index < -0.39 is 5.91 Å². The lowest BCUT2D eigenvalue weighted by Gasteiger charge is -2.35. The second-order valence-electron chi connectivity index (χ2n) is 7.82. The summed E-state index contributed by atoms with van der Waals surface area (Å²) in [5.41, 5.74) is 7.41. The zero-order valence-electron chi connectivity index (χ0n) is 15.3. The summed E-state index contributed by atoms with van der Waals surface area (Å²) < 4.78 is 5.81. The third-order valence-corrected chi connectivity index (χ3v) is 4.75. The molecule has 0 radical (unpaired) electrons. The molecule has 2 N–H and O–H groups in total. The molecule has 1 aliphatic heterocycles. The van der Waals surface area contributed by atoms with Crippen molar-refractivity contribution in [2.24, 2.45) is 5.73 Å². The fourth-order valence-corrected chi connectivity index (χ4v) is 3.61. The fraction of sp³-hybridized carbons (Fsp3) is 0.500. The Morgan fingerprint density at radius 1 is 1.36 bits per heavy atom. The summed E-state index contributed by atoms with van der Waals surface area (Å²) >= 11 is 0. The molecule has 0 spiro atoms. The number of nitrogens with two attached hydrogens (primary N) is 1. The van der Waals surface area contributed by atoms with Gasteiger partial charge in [0.1, 0.15) is 5.76 Å². The van der Waals surface area contributed by atoms with E-state index in [1.165, 1.54) is 12.8 Å². The van der Waals surface area contributed by atoms with Crippen LogP contribution in [0, 0.1) is 0 Å². The van der Waals surface area contributed by atoms with Gasteiger partial charge in [0.2, 0.25) is 0 Å². The van der Waals surface area contributed by atoms with Gasteiger partial charge < -0.3 is 10.2 Å². The molecule has 3 rings (SSSR count). The number of hydrogen-bond acceptors (Lipinski definition) is 4. The molecule has 2 aromatic heterocycles. The molecule has 3 heterocycles. The Labute approximate surface area is 149 Å². The largest absolute Gasteiger partial charge is 0.455 e. The first kappa shape index (κ1) is 17.7. The maximum absolute atomic E-state index is 11.6. The number of pyridine rings is 1. The predicted molar refractivity (Wildman–Crippen MR) is 97.2 cm³/mol. The molecule has 5 nitrogen and oxygen atoms in total. The second-order valence-corrected chi connectivity index (χ2v) is 7.82. The van der Waals surface area contributed by atoms with Gasteiger partial charge in [-0.25, -0.2) is 0 Å².